The van der Waals surface area contributed by atoms with Gasteiger partial charge in [-0.05, 0) is 36.4 Å². The molecule has 0 bridgehead atoms. The highest BCUT2D eigenvalue weighted by Gasteiger charge is 2.09. The molecule has 0 aliphatic carbocycles. The zero-order chi connectivity index (χ0) is 15.0. The van der Waals surface area contributed by atoms with E-state index in [2.05, 4.69) is 10.3 Å². The molecule has 2 aromatic carbocycles. The second-order valence-electron chi connectivity index (χ2n) is 4.67. The summed E-state index contributed by atoms with van der Waals surface area (Å²) in [7, 11) is 1.91. The van der Waals surface area contributed by atoms with Gasteiger partial charge in [0, 0.05) is 28.3 Å². The second kappa shape index (κ2) is 5.39. The van der Waals surface area contributed by atoms with Crippen molar-refractivity contribution in [2.45, 2.75) is 0 Å². The molecule has 1 aromatic heterocycles. The van der Waals surface area contributed by atoms with Crippen molar-refractivity contribution in [3.63, 3.8) is 0 Å². The Kier molecular flexibility index (Phi) is 3.57. The van der Waals surface area contributed by atoms with Crippen LogP contribution < -0.4 is 5.32 Å². The van der Waals surface area contributed by atoms with Crippen LogP contribution in [0.5, 0.6) is 0 Å². The van der Waals surface area contributed by atoms with Gasteiger partial charge in [0.05, 0.1) is 17.4 Å². The topological polar surface area (TPSA) is 46.9 Å². The monoisotopic (exact) mass is 319 g/mol. The minimum absolute atomic E-state index is 0.235. The first-order chi connectivity index (χ1) is 10.0. The quantitative estimate of drug-likeness (QED) is 0.771. The Hall–Kier alpha value is -2.04. The molecular formula is C15H11Cl2N3O. The number of rotatable bonds is 2. The van der Waals surface area contributed by atoms with Crippen molar-refractivity contribution in [2.24, 2.45) is 7.05 Å². The van der Waals surface area contributed by atoms with Gasteiger partial charge in [-0.3, -0.25) is 4.79 Å². The number of amides is 1. The van der Waals surface area contributed by atoms with Crippen LogP contribution in [0.4, 0.5) is 5.69 Å². The summed E-state index contributed by atoms with van der Waals surface area (Å²) < 4.78 is 1.90. The third-order valence-corrected chi connectivity index (χ3v) is 3.54. The highest BCUT2D eigenvalue weighted by molar-refractivity contribution is 6.35. The van der Waals surface area contributed by atoms with E-state index in [9.17, 15) is 4.79 Å². The lowest BCUT2D eigenvalue weighted by Gasteiger charge is -2.06. The van der Waals surface area contributed by atoms with Gasteiger partial charge in [0.1, 0.15) is 0 Å². The molecule has 0 aliphatic rings. The van der Waals surface area contributed by atoms with E-state index in [1.165, 1.54) is 0 Å². The minimum Gasteiger partial charge on any atom is -0.334 e. The smallest absolute Gasteiger partial charge is 0.255 e. The maximum Gasteiger partial charge on any atom is 0.255 e. The van der Waals surface area contributed by atoms with Gasteiger partial charge in [0.2, 0.25) is 0 Å². The minimum atomic E-state index is -0.235. The first-order valence-corrected chi connectivity index (χ1v) is 6.97. The van der Waals surface area contributed by atoms with Gasteiger partial charge in [-0.25, -0.2) is 4.98 Å². The molecule has 0 atom stereocenters. The Bertz CT molecular complexity index is 822. The summed E-state index contributed by atoms with van der Waals surface area (Å²) >= 11 is 11.8. The summed E-state index contributed by atoms with van der Waals surface area (Å²) in [5, 5.41) is 3.71. The molecule has 21 heavy (non-hydrogen) atoms. The van der Waals surface area contributed by atoms with Crippen LogP contribution in [-0.4, -0.2) is 15.5 Å². The van der Waals surface area contributed by atoms with Gasteiger partial charge in [0.15, 0.2) is 0 Å². The van der Waals surface area contributed by atoms with Crippen molar-refractivity contribution in [3.05, 3.63) is 58.3 Å². The first kappa shape index (κ1) is 13.9. The summed E-state index contributed by atoms with van der Waals surface area (Å²) in [6.07, 6.45) is 1.71. The van der Waals surface area contributed by atoms with Crippen LogP contribution in [0.25, 0.3) is 11.0 Å². The molecule has 0 aliphatic heterocycles. The number of fused-ring (bicyclic) bond motifs is 1. The fourth-order valence-corrected chi connectivity index (χ4v) is 2.63. The van der Waals surface area contributed by atoms with E-state index < -0.39 is 0 Å². The van der Waals surface area contributed by atoms with Crippen LogP contribution in [0.1, 0.15) is 10.4 Å². The Morgan fingerprint density at radius 3 is 2.57 bits per heavy atom. The van der Waals surface area contributed by atoms with Crippen LogP contribution >= 0.6 is 23.2 Å². The Morgan fingerprint density at radius 2 is 1.86 bits per heavy atom. The van der Waals surface area contributed by atoms with E-state index in [0.29, 0.717) is 21.3 Å². The lowest BCUT2D eigenvalue weighted by molar-refractivity contribution is 0.102. The average Bonchev–Trinajstić information content (AvgIpc) is 2.78. The number of carbonyl (C=O) groups excluding carboxylic acids is 1. The number of aryl methyl sites for hydroxylation is 1. The number of imidazole rings is 1. The number of anilines is 1. The van der Waals surface area contributed by atoms with E-state index >= 15 is 0 Å². The van der Waals surface area contributed by atoms with E-state index in [1.807, 2.05) is 17.7 Å². The number of hydrogen-bond acceptors (Lipinski definition) is 2. The summed E-state index contributed by atoms with van der Waals surface area (Å²) in [6.45, 7) is 0. The number of aromatic nitrogens is 2. The van der Waals surface area contributed by atoms with Gasteiger partial charge in [-0.1, -0.05) is 23.2 Å². The number of benzene rings is 2. The fourth-order valence-electron chi connectivity index (χ4n) is 2.11. The molecule has 0 radical (unpaired) electrons. The molecule has 1 amide bonds. The molecular weight excluding hydrogens is 309 g/mol. The van der Waals surface area contributed by atoms with Crippen LogP contribution in [-0.2, 0) is 7.05 Å². The normalized spacial score (nSPS) is 10.8. The van der Waals surface area contributed by atoms with Gasteiger partial charge in [-0.2, -0.15) is 0 Å². The van der Waals surface area contributed by atoms with E-state index in [-0.39, 0.29) is 5.91 Å². The summed E-state index contributed by atoms with van der Waals surface area (Å²) in [4.78, 5) is 16.5. The maximum atomic E-state index is 12.3. The SMILES string of the molecule is Cn1cnc2cc(C(=O)Nc3cc(Cl)cc(Cl)c3)ccc21. The molecule has 4 nitrogen and oxygen atoms in total. The van der Waals surface area contributed by atoms with Gasteiger partial charge in [-0.15, -0.1) is 0 Å². The molecule has 3 rings (SSSR count). The van der Waals surface area contributed by atoms with Crippen molar-refractivity contribution in [2.75, 3.05) is 5.32 Å². The fraction of sp³-hybridized carbons (Fsp3) is 0.0667. The lowest BCUT2D eigenvalue weighted by atomic mass is 10.2. The lowest BCUT2D eigenvalue weighted by Crippen LogP contribution is -2.11. The number of carbonyl (C=O) groups is 1. The Morgan fingerprint density at radius 1 is 1.14 bits per heavy atom. The summed E-state index contributed by atoms with van der Waals surface area (Å²) in [5.41, 5.74) is 2.82. The van der Waals surface area contributed by atoms with E-state index in [0.717, 1.165) is 11.0 Å². The Balaban J connectivity index is 1.89. The molecule has 0 saturated heterocycles. The molecule has 0 spiro atoms. The van der Waals surface area contributed by atoms with Crippen LogP contribution in [0.2, 0.25) is 10.0 Å². The van der Waals surface area contributed by atoms with Crippen molar-refractivity contribution in [1.29, 1.82) is 0 Å². The van der Waals surface area contributed by atoms with E-state index in [1.54, 1.807) is 36.7 Å². The molecule has 1 heterocycles. The van der Waals surface area contributed by atoms with Crippen molar-refractivity contribution in [3.8, 4) is 0 Å². The molecule has 0 saturated carbocycles. The number of halogens is 2. The molecule has 1 N–H and O–H groups in total. The Labute approximate surface area is 131 Å². The zero-order valence-electron chi connectivity index (χ0n) is 11.1. The first-order valence-electron chi connectivity index (χ1n) is 6.21. The third kappa shape index (κ3) is 2.86. The van der Waals surface area contributed by atoms with Gasteiger partial charge in [0.25, 0.3) is 5.91 Å². The standard InChI is InChI=1S/C15H11Cl2N3O/c1-20-8-18-13-4-9(2-3-14(13)20)15(21)19-12-6-10(16)5-11(17)7-12/h2-8H,1H3,(H,19,21). The van der Waals surface area contributed by atoms with Gasteiger partial charge >= 0.3 is 0 Å². The van der Waals surface area contributed by atoms with Crippen molar-refractivity contribution in [1.82, 2.24) is 9.55 Å². The highest BCUT2D eigenvalue weighted by Crippen LogP contribution is 2.23. The van der Waals surface area contributed by atoms with Crippen LogP contribution in [0, 0.1) is 0 Å². The predicted molar refractivity (Wildman–Crippen MR) is 85.1 cm³/mol. The largest absolute Gasteiger partial charge is 0.334 e. The third-order valence-electron chi connectivity index (χ3n) is 3.11. The number of hydrogen-bond donors (Lipinski definition) is 1. The summed E-state index contributed by atoms with van der Waals surface area (Å²) in [5.74, 6) is -0.235. The molecule has 6 heteroatoms. The zero-order valence-corrected chi connectivity index (χ0v) is 12.6. The van der Waals surface area contributed by atoms with Gasteiger partial charge < -0.3 is 9.88 Å². The number of nitrogens with zero attached hydrogens (tertiary/aromatic N) is 2. The van der Waals surface area contributed by atoms with Crippen LogP contribution in [0.15, 0.2) is 42.7 Å². The second-order valence-corrected chi connectivity index (χ2v) is 5.54. The average molecular weight is 320 g/mol. The molecule has 0 fully saturated rings. The van der Waals surface area contributed by atoms with Crippen LogP contribution in [0.3, 0.4) is 0 Å². The summed E-state index contributed by atoms with van der Waals surface area (Å²) in [6, 6.07) is 10.3. The van der Waals surface area contributed by atoms with Crippen molar-refractivity contribution < 1.29 is 4.79 Å². The molecule has 0 unspecified atom stereocenters. The molecule has 3 aromatic rings. The maximum absolute atomic E-state index is 12.3. The van der Waals surface area contributed by atoms with Crippen molar-refractivity contribution >= 4 is 45.8 Å². The predicted octanol–water partition coefficient (Wildman–Crippen LogP) is 4.13. The molecule has 106 valence electrons. The van der Waals surface area contributed by atoms with E-state index in [4.69, 9.17) is 23.2 Å². The highest BCUT2D eigenvalue weighted by atomic mass is 35.5. The number of nitrogens with one attached hydrogen (secondary N) is 1.